The molecule has 1 fully saturated rings. The number of carbonyl (C=O) groups is 1. The number of piperazine rings is 1. The van der Waals surface area contributed by atoms with E-state index in [0.717, 1.165) is 45.1 Å². The monoisotopic (exact) mass is 250 g/mol. The second-order valence-electron chi connectivity index (χ2n) is 5.07. The Kier molecular flexibility index (Phi) is 4.14. The van der Waals surface area contributed by atoms with Crippen molar-refractivity contribution in [2.75, 3.05) is 39.8 Å². The SMILES string of the molecule is CC(=O)c1cn(CCN2CCN(C)CC2)c(C)n1. The van der Waals surface area contributed by atoms with Crippen LogP contribution in [0.2, 0.25) is 0 Å². The Morgan fingerprint density at radius 1 is 1.28 bits per heavy atom. The molecule has 1 aliphatic heterocycles. The lowest BCUT2D eigenvalue weighted by Crippen LogP contribution is -2.45. The first-order chi connectivity index (χ1) is 8.56. The standard InChI is InChI=1S/C13H22N4O/c1-11(18)13-10-17(12(2)14-13)9-8-16-6-4-15(3)5-7-16/h10H,4-9H2,1-3H3. The second kappa shape index (κ2) is 5.63. The van der Waals surface area contributed by atoms with E-state index < -0.39 is 0 Å². The Bertz CT molecular complexity index is 419. The van der Waals surface area contributed by atoms with Crippen LogP contribution >= 0.6 is 0 Å². The minimum absolute atomic E-state index is 0.0384. The summed E-state index contributed by atoms with van der Waals surface area (Å²) in [6.07, 6.45) is 1.87. The van der Waals surface area contributed by atoms with Crippen molar-refractivity contribution in [1.29, 1.82) is 0 Å². The van der Waals surface area contributed by atoms with Crippen molar-refractivity contribution in [3.63, 3.8) is 0 Å². The lowest BCUT2D eigenvalue weighted by atomic mass is 10.3. The zero-order valence-corrected chi connectivity index (χ0v) is 11.5. The van der Waals surface area contributed by atoms with Crippen LogP contribution in [-0.4, -0.2) is 64.9 Å². The van der Waals surface area contributed by atoms with Gasteiger partial charge in [-0.05, 0) is 14.0 Å². The van der Waals surface area contributed by atoms with Gasteiger partial charge in [-0.1, -0.05) is 0 Å². The topological polar surface area (TPSA) is 41.4 Å². The number of likely N-dealkylation sites (N-methyl/N-ethyl adjacent to an activating group) is 1. The van der Waals surface area contributed by atoms with Crippen molar-refractivity contribution in [3.8, 4) is 0 Å². The predicted octanol–water partition coefficient (Wildman–Crippen LogP) is 0.642. The number of nitrogens with zero attached hydrogens (tertiary/aromatic N) is 4. The van der Waals surface area contributed by atoms with E-state index in [2.05, 4.69) is 26.4 Å². The number of rotatable bonds is 4. The quantitative estimate of drug-likeness (QED) is 0.736. The molecule has 0 aliphatic carbocycles. The molecule has 0 spiro atoms. The third-order valence-corrected chi connectivity index (χ3v) is 3.59. The first-order valence-electron chi connectivity index (χ1n) is 6.52. The van der Waals surface area contributed by atoms with Gasteiger partial charge in [-0.25, -0.2) is 4.98 Å². The van der Waals surface area contributed by atoms with Gasteiger partial charge in [-0.3, -0.25) is 9.69 Å². The summed E-state index contributed by atoms with van der Waals surface area (Å²) in [7, 11) is 2.16. The number of Topliss-reactive ketones (excluding diaryl/α,β-unsaturated/α-hetero) is 1. The molecule has 0 N–H and O–H groups in total. The molecule has 5 nitrogen and oxygen atoms in total. The smallest absolute Gasteiger partial charge is 0.179 e. The van der Waals surface area contributed by atoms with Crippen LogP contribution in [0.4, 0.5) is 0 Å². The minimum atomic E-state index is 0.0384. The van der Waals surface area contributed by atoms with Crippen molar-refractivity contribution in [2.45, 2.75) is 20.4 Å². The molecule has 5 heteroatoms. The predicted molar refractivity (Wildman–Crippen MR) is 70.9 cm³/mol. The van der Waals surface area contributed by atoms with Crippen LogP contribution < -0.4 is 0 Å². The molecule has 1 saturated heterocycles. The zero-order valence-electron chi connectivity index (χ0n) is 11.5. The molecular weight excluding hydrogens is 228 g/mol. The molecule has 0 bridgehead atoms. The molecule has 0 atom stereocenters. The van der Waals surface area contributed by atoms with E-state index in [0.29, 0.717) is 5.69 Å². The minimum Gasteiger partial charge on any atom is -0.333 e. The van der Waals surface area contributed by atoms with E-state index in [1.807, 2.05) is 13.1 Å². The van der Waals surface area contributed by atoms with Gasteiger partial charge in [0.05, 0.1) is 0 Å². The average Bonchev–Trinajstić information content (AvgIpc) is 2.70. The summed E-state index contributed by atoms with van der Waals surface area (Å²) in [4.78, 5) is 20.4. The van der Waals surface area contributed by atoms with Gasteiger partial charge in [0.25, 0.3) is 0 Å². The molecule has 1 aliphatic rings. The first-order valence-corrected chi connectivity index (χ1v) is 6.52. The van der Waals surface area contributed by atoms with Gasteiger partial charge in [0.15, 0.2) is 5.78 Å². The van der Waals surface area contributed by atoms with E-state index in [9.17, 15) is 4.79 Å². The number of aryl methyl sites for hydroxylation is 1. The highest BCUT2D eigenvalue weighted by atomic mass is 16.1. The van der Waals surface area contributed by atoms with Gasteiger partial charge >= 0.3 is 0 Å². The van der Waals surface area contributed by atoms with Crippen molar-refractivity contribution < 1.29 is 4.79 Å². The van der Waals surface area contributed by atoms with Crippen molar-refractivity contribution in [3.05, 3.63) is 17.7 Å². The van der Waals surface area contributed by atoms with Crippen LogP contribution in [0.1, 0.15) is 23.2 Å². The normalized spacial score (nSPS) is 18.2. The summed E-state index contributed by atoms with van der Waals surface area (Å²) in [6.45, 7) is 10.00. The van der Waals surface area contributed by atoms with Gasteiger partial charge in [-0.15, -0.1) is 0 Å². The molecule has 18 heavy (non-hydrogen) atoms. The summed E-state index contributed by atoms with van der Waals surface area (Å²) in [5.41, 5.74) is 0.575. The lowest BCUT2D eigenvalue weighted by Gasteiger charge is -2.32. The van der Waals surface area contributed by atoms with E-state index >= 15 is 0 Å². The summed E-state index contributed by atoms with van der Waals surface area (Å²) in [5, 5.41) is 0. The molecule has 0 amide bonds. The third kappa shape index (κ3) is 3.17. The Morgan fingerprint density at radius 2 is 1.94 bits per heavy atom. The number of carbonyl (C=O) groups excluding carboxylic acids is 1. The summed E-state index contributed by atoms with van der Waals surface area (Å²) in [5.74, 6) is 0.964. The largest absolute Gasteiger partial charge is 0.333 e. The van der Waals surface area contributed by atoms with Crippen molar-refractivity contribution in [2.24, 2.45) is 0 Å². The van der Waals surface area contributed by atoms with Crippen molar-refractivity contribution in [1.82, 2.24) is 19.4 Å². The molecule has 1 aromatic heterocycles. The van der Waals surface area contributed by atoms with E-state index in [1.165, 1.54) is 0 Å². The molecule has 0 aromatic carbocycles. The van der Waals surface area contributed by atoms with Gasteiger partial charge in [0, 0.05) is 52.4 Å². The highest BCUT2D eigenvalue weighted by molar-refractivity contribution is 5.91. The molecule has 1 aromatic rings. The van der Waals surface area contributed by atoms with E-state index in [-0.39, 0.29) is 5.78 Å². The van der Waals surface area contributed by atoms with E-state index in [1.54, 1.807) is 6.92 Å². The molecule has 0 saturated carbocycles. The zero-order chi connectivity index (χ0) is 13.1. The Hall–Kier alpha value is -1.20. The first kappa shape index (κ1) is 13.2. The van der Waals surface area contributed by atoms with Crippen molar-refractivity contribution >= 4 is 5.78 Å². The molecule has 0 unspecified atom stereocenters. The number of hydrogen-bond acceptors (Lipinski definition) is 4. The number of aromatic nitrogens is 2. The molecule has 2 rings (SSSR count). The maximum atomic E-state index is 11.3. The lowest BCUT2D eigenvalue weighted by molar-refractivity contribution is 0.101. The van der Waals surface area contributed by atoms with Crippen LogP contribution in [0.3, 0.4) is 0 Å². The van der Waals surface area contributed by atoms with E-state index in [4.69, 9.17) is 0 Å². The molecular formula is C13H22N4O. The maximum absolute atomic E-state index is 11.3. The highest BCUT2D eigenvalue weighted by Gasteiger charge is 2.14. The fraction of sp³-hybridized carbons (Fsp3) is 0.692. The fourth-order valence-corrected chi connectivity index (χ4v) is 2.23. The number of ketones is 1. The second-order valence-corrected chi connectivity index (χ2v) is 5.07. The summed E-state index contributed by atoms with van der Waals surface area (Å²) in [6, 6.07) is 0. The van der Waals surface area contributed by atoms with Gasteiger partial charge in [0.1, 0.15) is 11.5 Å². The summed E-state index contributed by atoms with van der Waals surface area (Å²) >= 11 is 0. The Morgan fingerprint density at radius 3 is 2.50 bits per heavy atom. The van der Waals surface area contributed by atoms with Crippen LogP contribution in [-0.2, 0) is 6.54 Å². The summed E-state index contributed by atoms with van der Waals surface area (Å²) < 4.78 is 2.08. The number of hydrogen-bond donors (Lipinski definition) is 0. The molecule has 100 valence electrons. The van der Waals surface area contributed by atoms with Crippen LogP contribution in [0, 0.1) is 6.92 Å². The maximum Gasteiger partial charge on any atom is 0.179 e. The average molecular weight is 250 g/mol. The third-order valence-electron chi connectivity index (χ3n) is 3.59. The van der Waals surface area contributed by atoms with Gasteiger partial charge in [-0.2, -0.15) is 0 Å². The highest BCUT2D eigenvalue weighted by Crippen LogP contribution is 2.05. The fourth-order valence-electron chi connectivity index (χ4n) is 2.23. The van der Waals surface area contributed by atoms with Crippen LogP contribution in [0.5, 0.6) is 0 Å². The Balaban J connectivity index is 1.88. The van der Waals surface area contributed by atoms with Crippen LogP contribution in [0.25, 0.3) is 0 Å². The Labute approximate surface area is 108 Å². The molecule has 2 heterocycles. The number of imidazole rings is 1. The van der Waals surface area contributed by atoms with Gasteiger partial charge < -0.3 is 9.47 Å². The molecule has 0 radical (unpaired) electrons. The van der Waals surface area contributed by atoms with Crippen LogP contribution in [0.15, 0.2) is 6.20 Å². The van der Waals surface area contributed by atoms with Gasteiger partial charge in [0.2, 0.25) is 0 Å².